The lowest BCUT2D eigenvalue weighted by Gasteiger charge is -2.49. The van der Waals surface area contributed by atoms with Gasteiger partial charge in [0.25, 0.3) is 0 Å². The Morgan fingerprint density at radius 2 is 1.81 bits per heavy atom. The second kappa shape index (κ2) is 8.40. The summed E-state index contributed by atoms with van der Waals surface area (Å²) < 4.78 is 0. The number of carbonyl (C=O) groups excluding carboxylic acids is 1. The second-order valence-corrected chi connectivity index (χ2v) is 8.42. The van der Waals surface area contributed by atoms with E-state index in [1.165, 1.54) is 5.56 Å². The Morgan fingerprint density at radius 1 is 1.12 bits per heavy atom. The molecule has 0 spiro atoms. The summed E-state index contributed by atoms with van der Waals surface area (Å²) in [7, 11) is 2.20. The SMILES string of the molecule is CN1CCN(C2CCN(C(=O)NCCc3ccccc3)C(C)(C)C2)CC1. The van der Waals surface area contributed by atoms with Crippen LogP contribution in [-0.4, -0.2) is 78.6 Å². The maximum atomic E-state index is 12.7. The molecule has 0 aliphatic carbocycles. The van der Waals surface area contributed by atoms with E-state index in [0.717, 1.165) is 52.0 Å². The summed E-state index contributed by atoms with van der Waals surface area (Å²) in [6, 6.07) is 11.0. The van der Waals surface area contributed by atoms with Gasteiger partial charge in [0.1, 0.15) is 0 Å². The molecule has 1 aromatic rings. The summed E-state index contributed by atoms with van der Waals surface area (Å²) in [6.45, 7) is 10.6. The molecule has 1 aromatic carbocycles. The van der Waals surface area contributed by atoms with Crippen LogP contribution in [0.4, 0.5) is 4.79 Å². The van der Waals surface area contributed by atoms with Crippen molar-refractivity contribution in [2.75, 3.05) is 46.3 Å². The molecule has 0 aromatic heterocycles. The smallest absolute Gasteiger partial charge is 0.317 e. The minimum absolute atomic E-state index is 0.0859. The number of benzene rings is 1. The van der Waals surface area contributed by atoms with Crippen LogP contribution >= 0.6 is 0 Å². The zero-order valence-electron chi connectivity index (χ0n) is 16.6. The Hall–Kier alpha value is -1.59. The normalized spacial score (nSPS) is 24.4. The number of nitrogens with one attached hydrogen (secondary N) is 1. The van der Waals surface area contributed by atoms with Gasteiger partial charge in [-0.15, -0.1) is 0 Å². The maximum absolute atomic E-state index is 12.7. The Balaban J connectivity index is 1.48. The lowest BCUT2D eigenvalue weighted by molar-refractivity contribution is 0.0231. The van der Waals surface area contributed by atoms with Crippen molar-refractivity contribution in [3.05, 3.63) is 35.9 Å². The molecule has 26 heavy (non-hydrogen) atoms. The molecule has 2 amide bonds. The van der Waals surface area contributed by atoms with Gasteiger partial charge in [-0.1, -0.05) is 30.3 Å². The van der Waals surface area contributed by atoms with E-state index >= 15 is 0 Å². The fraction of sp³-hybridized carbons (Fsp3) is 0.667. The monoisotopic (exact) mass is 358 g/mol. The molecule has 5 heteroatoms. The van der Waals surface area contributed by atoms with Gasteiger partial charge < -0.3 is 15.1 Å². The van der Waals surface area contributed by atoms with Gasteiger partial charge in [-0.3, -0.25) is 4.90 Å². The number of piperazine rings is 1. The minimum Gasteiger partial charge on any atom is -0.338 e. The molecule has 0 saturated carbocycles. The predicted molar refractivity (Wildman–Crippen MR) is 106 cm³/mol. The van der Waals surface area contributed by atoms with Crippen molar-refractivity contribution in [3.63, 3.8) is 0 Å². The highest BCUT2D eigenvalue weighted by molar-refractivity contribution is 5.75. The van der Waals surface area contributed by atoms with Crippen LogP contribution in [0.15, 0.2) is 30.3 Å². The van der Waals surface area contributed by atoms with E-state index in [2.05, 4.69) is 48.1 Å². The van der Waals surface area contributed by atoms with Crippen molar-refractivity contribution < 1.29 is 4.79 Å². The van der Waals surface area contributed by atoms with Gasteiger partial charge in [0.2, 0.25) is 0 Å². The highest BCUT2D eigenvalue weighted by Gasteiger charge is 2.39. The minimum atomic E-state index is -0.0942. The van der Waals surface area contributed by atoms with E-state index in [4.69, 9.17) is 0 Å². The third-order valence-electron chi connectivity index (χ3n) is 5.98. The highest BCUT2D eigenvalue weighted by atomic mass is 16.2. The molecule has 144 valence electrons. The highest BCUT2D eigenvalue weighted by Crippen LogP contribution is 2.30. The topological polar surface area (TPSA) is 38.8 Å². The molecule has 3 rings (SSSR count). The largest absolute Gasteiger partial charge is 0.338 e. The lowest BCUT2D eigenvalue weighted by atomic mass is 9.86. The zero-order valence-corrected chi connectivity index (χ0v) is 16.6. The Morgan fingerprint density at radius 3 is 2.46 bits per heavy atom. The number of carbonyl (C=O) groups is 1. The Labute approximate surface area is 158 Å². The standard InChI is InChI=1S/C21H34N4O/c1-21(2)17-19(24-15-13-23(3)14-16-24)10-12-25(21)20(26)22-11-9-18-7-5-4-6-8-18/h4-8,19H,9-17H2,1-3H3,(H,22,26). The van der Waals surface area contributed by atoms with E-state index in [9.17, 15) is 4.79 Å². The van der Waals surface area contributed by atoms with Gasteiger partial charge >= 0.3 is 6.03 Å². The van der Waals surface area contributed by atoms with Crippen LogP contribution in [-0.2, 0) is 6.42 Å². The quantitative estimate of drug-likeness (QED) is 0.898. The molecule has 1 unspecified atom stereocenters. The number of hydrogen-bond donors (Lipinski definition) is 1. The van der Waals surface area contributed by atoms with Crippen molar-refractivity contribution in [3.8, 4) is 0 Å². The first kappa shape index (κ1) is 19.2. The third kappa shape index (κ3) is 4.77. The maximum Gasteiger partial charge on any atom is 0.317 e. The van der Waals surface area contributed by atoms with Crippen LogP contribution in [0.25, 0.3) is 0 Å². The number of hydrogen-bond acceptors (Lipinski definition) is 3. The van der Waals surface area contributed by atoms with Crippen LogP contribution in [0.3, 0.4) is 0 Å². The molecule has 1 N–H and O–H groups in total. The van der Waals surface area contributed by atoms with E-state index < -0.39 is 0 Å². The molecule has 1 atom stereocenters. The fourth-order valence-electron chi connectivity index (χ4n) is 4.30. The van der Waals surface area contributed by atoms with Gasteiger partial charge in [0.05, 0.1) is 0 Å². The summed E-state index contributed by atoms with van der Waals surface area (Å²) in [5.41, 5.74) is 1.17. The van der Waals surface area contributed by atoms with Gasteiger partial charge in [-0.25, -0.2) is 4.79 Å². The van der Waals surface area contributed by atoms with Crippen molar-refractivity contribution in [2.45, 2.75) is 44.7 Å². The first-order valence-corrected chi connectivity index (χ1v) is 9.98. The average molecular weight is 359 g/mol. The van der Waals surface area contributed by atoms with Crippen molar-refractivity contribution in [2.24, 2.45) is 0 Å². The van der Waals surface area contributed by atoms with E-state index in [0.29, 0.717) is 12.6 Å². The molecular weight excluding hydrogens is 324 g/mol. The zero-order chi connectivity index (χ0) is 18.6. The molecular formula is C21H34N4O. The molecule has 2 aliphatic rings. The fourth-order valence-corrected chi connectivity index (χ4v) is 4.30. The molecule has 2 fully saturated rings. The van der Waals surface area contributed by atoms with Gasteiger partial charge in [-0.2, -0.15) is 0 Å². The van der Waals surface area contributed by atoms with Crippen LogP contribution in [0, 0.1) is 0 Å². The predicted octanol–water partition coefficient (Wildman–Crippen LogP) is 2.43. The molecule has 5 nitrogen and oxygen atoms in total. The number of likely N-dealkylation sites (tertiary alicyclic amines) is 1. The Kier molecular flexibility index (Phi) is 6.20. The van der Waals surface area contributed by atoms with E-state index in [-0.39, 0.29) is 11.6 Å². The first-order valence-electron chi connectivity index (χ1n) is 9.98. The summed E-state index contributed by atoms with van der Waals surface area (Å²) in [5.74, 6) is 0. The molecule has 0 radical (unpaired) electrons. The van der Waals surface area contributed by atoms with E-state index in [1.54, 1.807) is 0 Å². The lowest BCUT2D eigenvalue weighted by Crippen LogP contribution is -2.61. The van der Waals surface area contributed by atoms with Crippen molar-refractivity contribution >= 4 is 6.03 Å². The molecule has 0 bridgehead atoms. The number of rotatable bonds is 4. The number of urea groups is 1. The van der Waals surface area contributed by atoms with Crippen molar-refractivity contribution in [1.82, 2.24) is 20.0 Å². The first-order chi connectivity index (χ1) is 12.5. The summed E-state index contributed by atoms with van der Waals surface area (Å²) >= 11 is 0. The van der Waals surface area contributed by atoms with Crippen molar-refractivity contribution in [1.29, 1.82) is 0 Å². The van der Waals surface area contributed by atoms with E-state index in [1.807, 2.05) is 23.1 Å². The second-order valence-electron chi connectivity index (χ2n) is 8.42. The molecule has 2 aliphatic heterocycles. The summed E-state index contributed by atoms with van der Waals surface area (Å²) in [4.78, 5) is 19.8. The van der Waals surface area contributed by atoms with Crippen LogP contribution in [0.1, 0.15) is 32.3 Å². The molecule has 2 saturated heterocycles. The van der Waals surface area contributed by atoms with Crippen LogP contribution < -0.4 is 5.32 Å². The summed E-state index contributed by atoms with van der Waals surface area (Å²) in [6.07, 6.45) is 3.02. The van der Waals surface area contributed by atoms with Gasteiger partial charge in [0, 0.05) is 50.8 Å². The molecule has 2 heterocycles. The van der Waals surface area contributed by atoms with Crippen LogP contribution in [0.5, 0.6) is 0 Å². The number of nitrogens with zero attached hydrogens (tertiary/aromatic N) is 3. The number of piperidine rings is 1. The number of likely N-dealkylation sites (N-methyl/N-ethyl adjacent to an activating group) is 1. The van der Waals surface area contributed by atoms with Gasteiger partial charge in [-0.05, 0) is 45.7 Å². The summed E-state index contributed by atoms with van der Waals surface area (Å²) in [5, 5.41) is 3.12. The third-order valence-corrected chi connectivity index (χ3v) is 5.98. The average Bonchev–Trinajstić information content (AvgIpc) is 2.62. The van der Waals surface area contributed by atoms with Crippen LogP contribution in [0.2, 0.25) is 0 Å². The Bertz CT molecular complexity index is 581. The number of amides is 2. The van der Waals surface area contributed by atoms with Gasteiger partial charge in [0.15, 0.2) is 0 Å².